The molecule has 2 heterocycles. The summed E-state index contributed by atoms with van der Waals surface area (Å²) < 4.78 is 0. The summed E-state index contributed by atoms with van der Waals surface area (Å²) in [6, 6.07) is 5.78. The Morgan fingerprint density at radius 1 is 1.21 bits per heavy atom. The van der Waals surface area contributed by atoms with Crippen LogP contribution in [0.15, 0.2) is 18.2 Å². The molecule has 0 saturated carbocycles. The monoisotopic (exact) mass is 281 g/mol. The predicted octanol–water partition coefficient (Wildman–Crippen LogP) is 0.284. The van der Waals surface area contributed by atoms with Crippen LogP contribution in [0, 0.1) is 0 Å². The van der Waals surface area contributed by atoms with E-state index in [1.54, 1.807) is 4.90 Å². The summed E-state index contributed by atoms with van der Waals surface area (Å²) in [5, 5.41) is 5.97. The molecular formula is C13H16ClN3O2. The summed E-state index contributed by atoms with van der Waals surface area (Å²) in [5.74, 6) is -0.142. The molecule has 19 heavy (non-hydrogen) atoms. The van der Waals surface area contributed by atoms with Gasteiger partial charge >= 0.3 is 0 Å². The Balaban J connectivity index is 0.00000133. The summed E-state index contributed by atoms with van der Waals surface area (Å²) in [5.41, 5.74) is 3.11. The molecule has 0 atom stereocenters. The fourth-order valence-corrected chi connectivity index (χ4v) is 2.42. The molecule has 0 aromatic heterocycles. The van der Waals surface area contributed by atoms with Crippen molar-refractivity contribution in [3.8, 4) is 0 Å². The molecule has 0 spiro atoms. The number of piperazine rings is 1. The largest absolute Gasteiger partial charge is 0.353 e. The molecule has 0 aliphatic carbocycles. The average Bonchev–Trinajstić information content (AvgIpc) is 2.85. The van der Waals surface area contributed by atoms with E-state index < -0.39 is 0 Å². The molecule has 2 aliphatic rings. The molecule has 102 valence electrons. The maximum atomic E-state index is 12.3. The van der Waals surface area contributed by atoms with Gasteiger partial charge in [0.15, 0.2) is 0 Å². The number of hydrogen-bond acceptors (Lipinski definition) is 3. The van der Waals surface area contributed by atoms with E-state index in [0.29, 0.717) is 18.7 Å². The van der Waals surface area contributed by atoms with Gasteiger partial charge in [-0.2, -0.15) is 0 Å². The first-order valence-corrected chi connectivity index (χ1v) is 6.12. The molecule has 0 radical (unpaired) electrons. The molecule has 0 unspecified atom stereocenters. The topological polar surface area (TPSA) is 61.4 Å². The number of nitrogens with zero attached hydrogens (tertiary/aromatic N) is 1. The standard InChI is InChI=1S/C13H15N3O2.ClH/c17-12-8-16(4-3-15-12)13(18)9-1-2-10-6-14-7-11(10)5-9;/h1-2,5,14H,3-4,6-8H2,(H,15,17);1H. The Labute approximate surface area is 117 Å². The Morgan fingerprint density at radius 2 is 2.00 bits per heavy atom. The van der Waals surface area contributed by atoms with E-state index in [1.165, 1.54) is 11.1 Å². The lowest BCUT2D eigenvalue weighted by Gasteiger charge is -2.26. The predicted molar refractivity (Wildman–Crippen MR) is 73.1 cm³/mol. The number of fused-ring (bicyclic) bond motifs is 1. The van der Waals surface area contributed by atoms with E-state index in [-0.39, 0.29) is 30.8 Å². The van der Waals surface area contributed by atoms with E-state index in [4.69, 9.17) is 0 Å². The van der Waals surface area contributed by atoms with Crippen molar-refractivity contribution in [3.05, 3.63) is 34.9 Å². The fourth-order valence-electron chi connectivity index (χ4n) is 2.42. The second-order valence-corrected chi connectivity index (χ2v) is 4.66. The highest BCUT2D eigenvalue weighted by Gasteiger charge is 2.23. The van der Waals surface area contributed by atoms with E-state index in [0.717, 1.165) is 13.1 Å². The van der Waals surface area contributed by atoms with Gasteiger partial charge in [-0.05, 0) is 23.3 Å². The van der Waals surface area contributed by atoms with Gasteiger partial charge in [0.2, 0.25) is 5.91 Å². The molecule has 6 heteroatoms. The fraction of sp³-hybridized carbons (Fsp3) is 0.385. The van der Waals surface area contributed by atoms with Crippen LogP contribution in [0.5, 0.6) is 0 Å². The van der Waals surface area contributed by atoms with Crippen LogP contribution in [-0.4, -0.2) is 36.3 Å². The number of halogens is 1. The van der Waals surface area contributed by atoms with Crippen LogP contribution >= 0.6 is 12.4 Å². The summed E-state index contributed by atoms with van der Waals surface area (Å²) in [6.45, 7) is 2.97. The molecular weight excluding hydrogens is 266 g/mol. The van der Waals surface area contributed by atoms with Gasteiger partial charge in [-0.25, -0.2) is 0 Å². The third-order valence-corrected chi connectivity index (χ3v) is 3.41. The van der Waals surface area contributed by atoms with Crippen molar-refractivity contribution in [1.82, 2.24) is 15.5 Å². The highest BCUT2D eigenvalue weighted by Crippen LogP contribution is 2.18. The molecule has 1 saturated heterocycles. The lowest BCUT2D eigenvalue weighted by atomic mass is 10.1. The molecule has 0 bridgehead atoms. The highest BCUT2D eigenvalue weighted by atomic mass is 35.5. The third kappa shape index (κ3) is 2.72. The van der Waals surface area contributed by atoms with Crippen LogP contribution in [0.2, 0.25) is 0 Å². The van der Waals surface area contributed by atoms with Gasteiger partial charge in [0.1, 0.15) is 0 Å². The smallest absolute Gasteiger partial charge is 0.254 e. The van der Waals surface area contributed by atoms with Crippen LogP contribution in [0.1, 0.15) is 21.5 Å². The maximum Gasteiger partial charge on any atom is 0.254 e. The molecule has 2 amide bonds. The summed E-state index contributed by atoms with van der Waals surface area (Å²) in [6.07, 6.45) is 0. The van der Waals surface area contributed by atoms with Crippen molar-refractivity contribution in [2.75, 3.05) is 19.6 Å². The van der Waals surface area contributed by atoms with Gasteiger partial charge < -0.3 is 15.5 Å². The molecule has 2 N–H and O–H groups in total. The number of rotatable bonds is 1. The quantitative estimate of drug-likeness (QED) is 0.777. The van der Waals surface area contributed by atoms with Gasteiger partial charge in [-0.3, -0.25) is 9.59 Å². The van der Waals surface area contributed by atoms with Crippen molar-refractivity contribution in [2.45, 2.75) is 13.1 Å². The van der Waals surface area contributed by atoms with Gasteiger partial charge in [0.25, 0.3) is 5.91 Å². The van der Waals surface area contributed by atoms with Gasteiger partial charge in [0.05, 0.1) is 6.54 Å². The number of carbonyl (C=O) groups excluding carboxylic acids is 2. The van der Waals surface area contributed by atoms with Crippen LogP contribution in [-0.2, 0) is 17.9 Å². The normalized spacial score (nSPS) is 17.5. The first-order chi connectivity index (χ1) is 8.74. The minimum atomic E-state index is -0.0857. The SMILES string of the molecule is Cl.O=C1CN(C(=O)c2ccc3c(c2)CNC3)CCN1. The lowest BCUT2D eigenvalue weighted by molar-refractivity contribution is -0.123. The zero-order valence-electron chi connectivity index (χ0n) is 10.4. The average molecular weight is 282 g/mol. The second-order valence-electron chi connectivity index (χ2n) is 4.66. The Hall–Kier alpha value is -1.59. The third-order valence-electron chi connectivity index (χ3n) is 3.41. The Kier molecular flexibility index (Phi) is 4.07. The van der Waals surface area contributed by atoms with Gasteiger partial charge in [0, 0.05) is 31.7 Å². The molecule has 5 nitrogen and oxygen atoms in total. The summed E-state index contributed by atoms with van der Waals surface area (Å²) >= 11 is 0. The number of carbonyl (C=O) groups is 2. The van der Waals surface area contributed by atoms with Crippen molar-refractivity contribution in [3.63, 3.8) is 0 Å². The minimum Gasteiger partial charge on any atom is -0.353 e. The first kappa shape index (κ1) is 13.8. The van der Waals surface area contributed by atoms with E-state index in [9.17, 15) is 9.59 Å². The van der Waals surface area contributed by atoms with Crippen LogP contribution < -0.4 is 10.6 Å². The lowest BCUT2D eigenvalue weighted by Crippen LogP contribution is -2.49. The number of benzene rings is 1. The summed E-state index contributed by atoms with van der Waals surface area (Å²) in [4.78, 5) is 25.2. The highest BCUT2D eigenvalue weighted by molar-refractivity contribution is 5.97. The zero-order chi connectivity index (χ0) is 12.5. The Morgan fingerprint density at radius 3 is 2.79 bits per heavy atom. The van der Waals surface area contributed by atoms with E-state index in [1.807, 2.05) is 18.2 Å². The molecule has 1 aromatic rings. The van der Waals surface area contributed by atoms with Gasteiger partial charge in [-0.15, -0.1) is 12.4 Å². The number of nitrogens with one attached hydrogen (secondary N) is 2. The summed E-state index contributed by atoms with van der Waals surface area (Å²) in [7, 11) is 0. The molecule has 3 rings (SSSR count). The molecule has 1 aromatic carbocycles. The van der Waals surface area contributed by atoms with Crippen molar-refractivity contribution >= 4 is 24.2 Å². The molecule has 2 aliphatic heterocycles. The number of hydrogen-bond donors (Lipinski definition) is 2. The van der Waals surface area contributed by atoms with Crippen LogP contribution in [0.4, 0.5) is 0 Å². The minimum absolute atomic E-state index is 0. The van der Waals surface area contributed by atoms with Crippen LogP contribution in [0.3, 0.4) is 0 Å². The van der Waals surface area contributed by atoms with Crippen LogP contribution in [0.25, 0.3) is 0 Å². The van der Waals surface area contributed by atoms with Gasteiger partial charge in [-0.1, -0.05) is 6.07 Å². The van der Waals surface area contributed by atoms with E-state index in [2.05, 4.69) is 10.6 Å². The first-order valence-electron chi connectivity index (χ1n) is 6.12. The van der Waals surface area contributed by atoms with Crippen molar-refractivity contribution in [1.29, 1.82) is 0 Å². The number of amides is 2. The van der Waals surface area contributed by atoms with Crippen molar-refractivity contribution < 1.29 is 9.59 Å². The maximum absolute atomic E-state index is 12.3. The Bertz CT molecular complexity index is 519. The molecule has 1 fully saturated rings. The van der Waals surface area contributed by atoms with Crippen molar-refractivity contribution in [2.24, 2.45) is 0 Å². The van der Waals surface area contributed by atoms with E-state index >= 15 is 0 Å². The zero-order valence-corrected chi connectivity index (χ0v) is 11.3. The second kappa shape index (κ2) is 5.59.